The molecule has 118 valence electrons. The molecule has 0 amide bonds. The molecule has 2 rings (SSSR count). The first kappa shape index (κ1) is 15.9. The Bertz CT molecular complexity index is 726. The van der Waals surface area contributed by atoms with Crippen molar-refractivity contribution in [3.63, 3.8) is 0 Å². The molecule has 6 heteroatoms. The minimum atomic E-state index is -1.11. The van der Waals surface area contributed by atoms with Gasteiger partial charge in [-0.25, -0.2) is 4.79 Å². The fraction of sp³-hybridized carbons (Fsp3) is 0.375. The molecule has 0 spiro atoms. The lowest BCUT2D eigenvalue weighted by molar-refractivity contribution is 0.0689. The van der Waals surface area contributed by atoms with E-state index in [4.69, 9.17) is 9.84 Å². The summed E-state index contributed by atoms with van der Waals surface area (Å²) in [7, 11) is 3.12. The molecule has 0 unspecified atom stereocenters. The van der Waals surface area contributed by atoms with E-state index in [1.807, 2.05) is 6.07 Å². The van der Waals surface area contributed by atoms with E-state index >= 15 is 0 Å². The topological polar surface area (TPSA) is 84.6 Å². The van der Waals surface area contributed by atoms with E-state index in [-0.39, 0.29) is 16.9 Å². The normalized spacial score (nSPS) is 11.5. The minimum absolute atomic E-state index is 0.0320. The van der Waals surface area contributed by atoms with E-state index in [0.29, 0.717) is 17.0 Å². The van der Waals surface area contributed by atoms with Gasteiger partial charge in [0.25, 0.3) is 0 Å². The van der Waals surface area contributed by atoms with Gasteiger partial charge in [-0.2, -0.15) is 5.10 Å². The molecule has 0 saturated carbocycles. The van der Waals surface area contributed by atoms with Crippen LogP contribution >= 0.6 is 0 Å². The van der Waals surface area contributed by atoms with Gasteiger partial charge in [0.15, 0.2) is 17.2 Å². The van der Waals surface area contributed by atoms with Gasteiger partial charge in [0.05, 0.1) is 12.8 Å². The molecule has 0 aliphatic heterocycles. The zero-order valence-electron chi connectivity index (χ0n) is 13.3. The van der Waals surface area contributed by atoms with Gasteiger partial charge in [-0.15, -0.1) is 0 Å². The summed E-state index contributed by atoms with van der Waals surface area (Å²) >= 11 is 0. The van der Waals surface area contributed by atoms with Crippen molar-refractivity contribution in [3.05, 3.63) is 29.5 Å². The van der Waals surface area contributed by atoms with Crippen LogP contribution in [0.1, 0.15) is 36.8 Å². The first-order chi connectivity index (χ1) is 10.1. The maximum atomic E-state index is 11.1. The van der Waals surface area contributed by atoms with Crippen molar-refractivity contribution >= 4 is 5.97 Å². The van der Waals surface area contributed by atoms with Crippen molar-refractivity contribution in [2.45, 2.75) is 26.2 Å². The van der Waals surface area contributed by atoms with Gasteiger partial charge in [-0.3, -0.25) is 4.68 Å². The average Bonchev–Trinajstić information content (AvgIpc) is 2.80. The second-order valence-corrected chi connectivity index (χ2v) is 6.17. The van der Waals surface area contributed by atoms with Crippen molar-refractivity contribution < 1.29 is 19.7 Å². The second kappa shape index (κ2) is 5.36. The van der Waals surface area contributed by atoms with Crippen LogP contribution in [-0.2, 0) is 12.5 Å². The Morgan fingerprint density at radius 2 is 1.91 bits per heavy atom. The van der Waals surface area contributed by atoms with Crippen LogP contribution in [0.5, 0.6) is 11.5 Å². The summed E-state index contributed by atoms with van der Waals surface area (Å²) in [6.45, 7) is 6.15. The first-order valence-corrected chi connectivity index (χ1v) is 6.84. The van der Waals surface area contributed by atoms with Crippen LogP contribution < -0.4 is 4.74 Å². The number of methoxy groups -OCH3 is 1. The highest BCUT2D eigenvalue weighted by atomic mass is 16.5. The molecule has 0 bridgehead atoms. The van der Waals surface area contributed by atoms with Gasteiger partial charge >= 0.3 is 5.97 Å². The number of aromatic carboxylic acids is 1. The lowest BCUT2D eigenvalue weighted by Crippen LogP contribution is -2.11. The molecular weight excluding hydrogens is 284 g/mol. The monoisotopic (exact) mass is 304 g/mol. The van der Waals surface area contributed by atoms with Crippen LogP contribution in [0, 0.1) is 0 Å². The number of rotatable bonds is 3. The third-order valence-corrected chi connectivity index (χ3v) is 3.54. The molecule has 2 N–H and O–H groups in total. The highest BCUT2D eigenvalue weighted by Gasteiger charge is 2.22. The lowest BCUT2D eigenvalue weighted by atomic mass is 9.85. The third-order valence-electron chi connectivity index (χ3n) is 3.54. The predicted octanol–water partition coefficient (Wildman–Crippen LogP) is 2.80. The molecule has 0 radical (unpaired) electrons. The summed E-state index contributed by atoms with van der Waals surface area (Å²) in [6, 6.07) is 5.05. The van der Waals surface area contributed by atoms with Gasteiger partial charge in [-0.1, -0.05) is 20.8 Å². The molecule has 1 aromatic carbocycles. The minimum Gasteiger partial charge on any atom is -0.504 e. The number of carboxylic acids is 1. The molecule has 6 nitrogen and oxygen atoms in total. The van der Waals surface area contributed by atoms with E-state index in [9.17, 15) is 9.90 Å². The van der Waals surface area contributed by atoms with Gasteiger partial charge in [-0.05, 0) is 29.2 Å². The van der Waals surface area contributed by atoms with E-state index in [2.05, 4.69) is 25.9 Å². The molecule has 2 aromatic rings. The zero-order valence-corrected chi connectivity index (χ0v) is 13.3. The third kappa shape index (κ3) is 2.77. The standard InChI is InChI=1S/C16H20N2O4/c1-16(2,3)9-6-10(14(19)13(7-9)22-5)12-8-11(15(20)21)17-18(12)4/h6-8,19H,1-5H3,(H,20,21). The Hall–Kier alpha value is -2.50. The number of carboxylic acid groups (broad SMARTS) is 1. The molecular formula is C16H20N2O4. The number of phenolic OH excluding ortho intramolecular Hbond substituents is 1. The molecule has 0 atom stereocenters. The Balaban J connectivity index is 2.71. The molecule has 0 fully saturated rings. The van der Waals surface area contributed by atoms with Crippen LogP contribution in [0.4, 0.5) is 0 Å². The predicted molar refractivity (Wildman–Crippen MR) is 82.5 cm³/mol. The number of aromatic nitrogens is 2. The maximum Gasteiger partial charge on any atom is 0.356 e. The SMILES string of the molecule is COc1cc(C(C)(C)C)cc(-c2cc(C(=O)O)nn2C)c1O. The van der Waals surface area contributed by atoms with Gasteiger partial charge in [0.2, 0.25) is 0 Å². The molecule has 0 aliphatic rings. The molecule has 22 heavy (non-hydrogen) atoms. The van der Waals surface area contributed by atoms with Crippen molar-refractivity contribution in [2.24, 2.45) is 7.05 Å². The number of aromatic hydroxyl groups is 1. The van der Waals surface area contributed by atoms with Crippen molar-refractivity contribution in [3.8, 4) is 22.8 Å². The quantitative estimate of drug-likeness (QED) is 0.911. The van der Waals surface area contributed by atoms with Crippen LogP contribution in [-0.4, -0.2) is 33.1 Å². The molecule has 0 saturated heterocycles. The number of hydrogen-bond donors (Lipinski definition) is 2. The Morgan fingerprint density at radius 1 is 1.27 bits per heavy atom. The summed E-state index contributed by atoms with van der Waals surface area (Å²) in [5, 5.41) is 23.4. The van der Waals surface area contributed by atoms with Gasteiger partial charge in [0.1, 0.15) is 0 Å². The van der Waals surface area contributed by atoms with E-state index in [0.717, 1.165) is 5.56 Å². The van der Waals surface area contributed by atoms with Crippen molar-refractivity contribution in [1.29, 1.82) is 0 Å². The number of aryl methyl sites for hydroxylation is 1. The Labute approximate surface area is 129 Å². The Kier molecular flexibility index (Phi) is 3.87. The highest BCUT2D eigenvalue weighted by molar-refractivity contribution is 5.87. The first-order valence-electron chi connectivity index (χ1n) is 6.84. The maximum absolute atomic E-state index is 11.1. The summed E-state index contributed by atoms with van der Waals surface area (Å²) in [5.74, 6) is -0.795. The van der Waals surface area contributed by atoms with E-state index in [1.165, 1.54) is 17.9 Å². The van der Waals surface area contributed by atoms with Crippen molar-refractivity contribution in [2.75, 3.05) is 7.11 Å². The summed E-state index contributed by atoms with van der Waals surface area (Å²) in [4.78, 5) is 11.1. The molecule has 1 aromatic heterocycles. The van der Waals surface area contributed by atoms with E-state index in [1.54, 1.807) is 13.1 Å². The fourth-order valence-corrected chi connectivity index (χ4v) is 2.22. The largest absolute Gasteiger partial charge is 0.504 e. The fourth-order valence-electron chi connectivity index (χ4n) is 2.22. The van der Waals surface area contributed by atoms with Crippen LogP contribution in [0.15, 0.2) is 18.2 Å². The summed E-state index contributed by atoms with van der Waals surface area (Å²) < 4.78 is 6.68. The van der Waals surface area contributed by atoms with Crippen LogP contribution in [0.3, 0.4) is 0 Å². The number of phenols is 1. The van der Waals surface area contributed by atoms with Gasteiger partial charge < -0.3 is 14.9 Å². The second-order valence-electron chi connectivity index (χ2n) is 6.17. The molecule has 1 heterocycles. The molecule has 0 aliphatic carbocycles. The number of carbonyl (C=O) groups is 1. The number of ether oxygens (including phenoxy) is 1. The smallest absolute Gasteiger partial charge is 0.356 e. The van der Waals surface area contributed by atoms with Crippen LogP contribution in [0.2, 0.25) is 0 Å². The zero-order chi connectivity index (χ0) is 16.7. The van der Waals surface area contributed by atoms with Crippen molar-refractivity contribution in [1.82, 2.24) is 9.78 Å². The highest BCUT2D eigenvalue weighted by Crippen LogP contribution is 2.41. The average molecular weight is 304 g/mol. The van der Waals surface area contributed by atoms with Gasteiger partial charge in [0, 0.05) is 12.6 Å². The van der Waals surface area contributed by atoms with E-state index < -0.39 is 5.97 Å². The summed E-state index contributed by atoms with van der Waals surface area (Å²) in [6.07, 6.45) is 0. The number of hydrogen-bond acceptors (Lipinski definition) is 4. The Morgan fingerprint density at radius 3 is 2.36 bits per heavy atom. The van der Waals surface area contributed by atoms with Crippen LogP contribution in [0.25, 0.3) is 11.3 Å². The summed E-state index contributed by atoms with van der Waals surface area (Å²) in [5.41, 5.74) is 1.75. The number of benzene rings is 1. The lowest BCUT2D eigenvalue weighted by Gasteiger charge is -2.22. The number of nitrogens with zero attached hydrogens (tertiary/aromatic N) is 2.